The van der Waals surface area contributed by atoms with Crippen LogP contribution in [0.5, 0.6) is 5.75 Å². The monoisotopic (exact) mass is 568 g/mol. The fraction of sp³-hybridized carbons (Fsp3) is 0.324. The zero-order valence-electron chi connectivity index (χ0n) is 24.8. The van der Waals surface area contributed by atoms with E-state index in [2.05, 4.69) is 49.9 Å². The number of unbranched alkanes of at least 4 members (excludes halogenated alkanes) is 1. The van der Waals surface area contributed by atoms with Crippen LogP contribution in [0.1, 0.15) is 63.5 Å². The Morgan fingerprint density at radius 3 is 2.38 bits per heavy atom. The fourth-order valence-corrected chi connectivity index (χ4v) is 5.16. The number of nitrogens with zero attached hydrogens (tertiary/aromatic N) is 2. The van der Waals surface area contributed by atoms with E-state index in [0.29, 0.717) is 35.5 Å². The average Bonchev–Trinajstić information content (AvgIpc) is 2.98. The highest BCUT2D eigenvalue weighted by Crippen LogP contribution is 2.36. The number of fused-ring (bicyclic) bond motifs is 1. The van der Waals surface area contributed by atoms with Crippen molar-refractivity contribution in [3.8, 4) is 16.9 Å². The molecule has 8 heteroatoms. The molecule has 220 valence electrons. The number of urea groups is 1. The molecule has 2 aromatic heterocycles. The fourth-order valence-electron chi connectivity index (χ4n) is 5.16. The number of para-hydroxylation sites is 1. The molecule has 0 spiro atoms. The van der Waals surface area contributed by atoms with Gasteiger partial charge in [0, 0.05) is 29.4 Å². The van der Waals surface area contributed by atoms with Crippen LogP contribution in [-0.2, 0) is 6.54 Å². The van der Waals surface area contributed by atoms with Gasteiger partial charge in [-0.3, -0.25) is 9.36 Å². The van der Waals surface area contributed by atoms with Crippen molar-refractivity contribution in [2.45, 2.75) is 58.9 Å². The van der Waals surface area contributed by atoms with Gasteiger partial charge >= 0.3 is 6.03 Å². The lowest BCUT2D eigenvalue weighted by Crippen LogP contribution is -2.30. The summed E-state index contributed by atoms with van der Waals surface area (Å²) in [6, 6.07) is 16.5. The standard InChI is InChI=1S/C34H40N4O4/c1-6-7-8-18-38-32-28(16-11-17-35-32)29(24-12-9-13-25(21-24)42-20-19-39)31(33(38)40)37-34(41)36-30-26(22(2)3)14-10-15-27(30)23(4)5/h6,9-17,21-23,39H,1,7-8,18-20H2,2-5H3,(H2,36,37,41). The Labute approximate surface area is 247 Å². The highest BCUT2D eigenvalue weighted by atomic mass is 16.5. The van der Waals surface area contributed by atoms with E-state index in [1.165, 1.54) is 0 Å². The predicted molar refractivity (Wildman–Crippen MR) is 171 cm³/mol. The van der Waals surface area contributed by atoms with E-state index in [4.69, 9.17) is 4.74 Å². The van der Waals surface area contributed by atoms with Crippen LogP contribution in [0.15, 0.2) is 78.2 Å². The van der Waals surface area contributed by atoms with Crippen molar-refractivity contribution in [3.05, 3.63) is 94.9 Å². The molecule has 0 fully saturated rings. The number of carbonyl (C=O) groups excluding carboxylic acids is 1. The highest BCUT2D eigenvalue weighted by Gasteiger charge is 2.23. The Kier molecular flexibility index (Phi) is 10.1. The van der Waals surface area contributed by atoms with Crippen LogP contribution < -0.4 is 20.9 Å². The first-order chi connectivity index (χ1) is 20.3. The third kappa shape index (κ3) is 6.71. The minimum atomic E-state index is -0.503. The second kappa shape index (κ2) is 14.0. The van der Waals surface area contributed by atoms with Gasteiger partial charge in [0.25, 0.3) is 5.56 Å². The summed E-state index contributed by atoms with van der Waals surface area (Å²) in [5, 5.41) is 16.0. The lowest BCUT2D eigenvalue weighted by molar-refractivity contribution is 0.201. The largest absolute Gasteiger partial charge is 0.491 e. The molecule has 0 aliphatic heterocycles. The van der Waals surface area contributed by atoms with Crippen LogP contribution in [0.3, 0.4) is 0 Å². The number of aromatic nitrogens is 2. The van der Waals surface area contributed by atoms with E-state index < -0.39 is 6.03 Å². The van der Waals surface area contributed by atoms with Gasteiger partial charge in [-0.15, -0.1) is 6.58 Å². The molecule has 42 heavy (non-hydrogen) atoms. The van der Waals surface area contributed by atoms with Crippen LogP contribution in [0, 0.1) is 0 Å². The number of rotatable bonds is 12. The number of nitrogens with one attached hydrogen (secondary N) is 2. The van der Waals surface area contributed by atoms with E-state index in [1.54, 1.807) is 22.9 Å². The summed E-state index contributed by atoms with van der Waals surface area (Å²) in [6.07, 6.45) is 4.91. The third-order valence-corrected chi connectivity index (χ3v) is 7.14. The van der Waals surface area contributed by atoms with Gasteiger partial charge in [-0.1, -0.05) is 64.1 Å². The average molecular weight is 569 g/mol. The van der Waals surface area contributed by atoms with Gasteiger partial charge in [0.15, 0.2) is 0 Å². The number of aryl methyl sites for hydroxylation is 1. The van der Waals surface area contributed by atoms with Crippen LogP contribution in [0.4, 0.5) is 16.2 Å². The van der Waals surface area contributed by atoms with Crippen LogP contribution in [0.2, 0.25) is 0 Å². The van der Waals surface area contributed by atoms with Crippen molar-refractivity contribution in [2.24, 2.45) is 0 Å². The summed E-state index contributed by atoms with van der Waals surface area (Å²) in [6.45, 7) is 12.6. The van der Waals surface area contributed by atoms with Gasteiger partial charge < -0.3 is 20.5 Å². The number of hydrogen-bond acceptors (Lipinski definition) is 5. The molecule has 2 amide bonds. The summed E-state index contributed by atoms with van der Waals surface area (Å²) in [5.74, 6) is 0.909. The summed E-state index contributed by atoms with van der Waals surface area (Å²) in [5.41, 5.74) is 4.37. The molecule has 0 atom stereocenters. The molecule has 0 unspecified atom stereocenters. The smallest absolute Gasteiger partial charge is 0.323 e. The summed E-state index contributed by atoms with van der Waals surface area (Å²) < 4.78 is 7.28. The second-order valence-corrected chi connectivity index (χ2v) is 10.8. The number of carbonyl (C=O) groups is 1. The van der Waals surface area contributed by atoms with Gasteiger partial charge in [-0.2, -0.15) is 0 Å². The van der Waals surface area contributed by atoms with Crippen molar-refractivity contribution in [1.29, 1.82) is 0 Å². The summed E-state index contributed by atoms with van der Waals surface area (Å²) >= 11 is 0. The number of pyridine rings is 2. The molecule has 4 aromatic rings. The quantitative estimate of drug-likeness (QED) is 0.123. The molecule has 0 saturated carbocycles. The van der Waals surface area contributed by atoms with Crippen LogP contribution >= 0.6 is 0 Å². The molecule has 0 aliphatic carbocycles. The number of anilines is 2. The molecule has 0 saturated heterocycles. The third-order valence-electron chi connectivity index (χ3n) is 7.14. The number of ether oxygens (including phenoxy) is 1. The maximum absolute atomic E-state index is 14.2. The first-order valence-corrected chi connectivity index (χ1v) is 14.4. The van der Waals surface area contributed by atoms with Crippen molar-refractivity contribution in [3.63, 3.8) is 0 Å². The van der Waals surface area contributed by atoms with Gasteiger partial charge in [-0.25, -0.2) is 9.78 Å². The Bertz CT molecular complexity index is 1600. The van der Waals surface area contributed by atoms with E-state index in [0.717, 1.165) is 28.6 Å². The molecule has 0 radical (unpaired) electrons. The number of aliphatic hydroxyl groups is 1. The van der Waals surface area contributed by atoms with Gasteiger partial charge in [-0.05, 0) is 65.6 Å². The topological polar surface area (TPSA) is 105 Å². The molecule has 2 aromatic carbocycles. The van der Waals surface area contributed by atoms with Crippen molar-refractivity contribution < 1.29 is 14.6 Å². The molecule has 8 nitrogen and oxygen atoms in total. The molecule has 2 heterocycles. The first-order valence-electron chi connectivity index (χ1n) is 14.4. The zero-order chi connectivity index (χ0) is 30.2. The van der Waals surface area contributed by atoms with E-state index >= 15 is 0 Å². The van der Waals surface area contributed by atoms with Crippen molar-refractivity contribution >= 4 is 28.4 Å². The Hall–Kier alpha value is -4.43. The molecule has 3 N–H and O–H groups in total. The second-order valence-electron chi connectivity index (χ2n) is 10.8. The van der Waals surface area contributed by atoms with Gasteiger partial charge in [0.2, 0.25) is 0 Å². The number of hydrogen-bond donors (Lipinski definition) is 3. The first kappa shape index (κ1) is 30.5. The van der Waals surface area contributed by atoms with Gasteiger partial charge in [0.1, 0.15) is 23.7 Å². The van der Waals surface area contributed by atoms with E-state index in [-0.39, 0.29) is 36.3 Å². The molecule has 0 bridgehead atoms. The van der Waals surface area contributed by atoms with E-state index in [9.17, 15) is 14.7 Å². The number of aliphatic hydroxyl groups excluding tert-OH is 1. The van der Waals surface area contributed by atoms with Crippen LogP contribution in [0.25, 0.3) is 22.2 Å². The number of allylic oxidation sites excluding steroid dienone is 1. The van der Waals surface area contributed by atoms with Gasteiger partial charge in [0.05, 0.1) is 6.61 Å². The van der Waals surface area contributed by atoms with Crippen molar-refractivity contribution in [1.82, 2.24) is 9.55 Å². The number of benzene rings is 2. The molecular formula is C34H40N4O4. The molecular weight excluding hydrogens is 528 g/mol. The minimum absolute atomic E-state index is 0.124. The van der Waals surface area contributed by atoms with Crippen molar-refractivity contribution in [2.75, 3.05) is 23.8 Å². The predicted octanol–water partition coefficient (Wildman–Crippen LogP) is 7.29. The maximum Gasteiger partial charge on any atom is 0.323 e. The normalized spacial score (nSPS) is 11.2. The lowest BCUT2D eigenvalue weighted by Gasteiger charge is -2.22. The Morgan fingerprint density at radius 2 is 1.71 bits per heavy atom. The Morgan fingerprint density at radius 1 is 1.02 bits per heavy atom. The zero-order valence-corrected chi connectivity index (χ0v) is 24.8. The Balaban J connectivity index is 1.88. The minimum Gasteiger partial charge on any atom is -0.491 e. The molecule has 0 aliphatic rings. The SMILES string of the molecule is C=CCCCn1c(=O)c(NC(=O)Nc2c(C(C)C)cccc2C(C)C)c(-c2cccc(OCCO)c2)c2cccnc21. The highest BCUT2D eigenvalue weighted by molar-refractivity contribution is 6.07. The lowest BCUT2D eigenvalue weighted by atomic mass is 9.93. The summed E-state index contributed by atoms with van der Waals surface area (Å²) in [7, 11) is 0. The molecule has 4 rings (SSSR count). The maximum atomic E-state index is 14.2. The van der Waals surface area contributed by atoms with Crippen LogP contribution in [-0.4, -0.2) is 33.9 Å². The number of amides is 2. The van der Waals surface area contributed by atoms with E-state index in [1.807, 2.05) is 48.5 Å². The summed E-state index contributed by atoms with van der Waals surface area (Å²) in [4.78, 5) is 32.5.